The Morgan fingerprint density at radius 2 is 1.84 bits per heavy atom. The summed E-state index contributed by atoms with van der Waals surface area (Å²) in [4.78, 5) is 5.38. The van der Waals surface area contributed by atoms with Gasteiger partial charge in [-0.05, 0) is 45.2 Å². The van der Waals surface area contributed by atoms with Crippen LogP contribution in [0.25, 0.3) is 0 Å². The lowest BCUT2D eigenvalue weighted by atomic mass is 9.95. The van der Waals surface area contributed by atoms with Crippen LogP contribution in [0.1, 0.15) is 26.2 Å². The first-order valence-electron chi connectivity index (χ1n) is 8.04. The monoisotopic (exact) mass is 283 g/mol. The van der Waals surface area contributed by atoms with E-state index in [9.17, 15) is 0 Å². The van der Waals surface area contributed by atoms with Gasteiger partial charge >= 0.3 is 0 Å². The van der Waals surface area contributed by atoms with Crippen molar-refractivity contribution in [3.8, 4) is 0 Å². The van der Waals surface area contributed by atoms with Gasteiger partial charge in [-0.3, -0.25) is 0 Å². The summed E-state index contributed by atoms with van der Waals surface area (Å²) in [5.74, 6) is 3.61. The summed E-state index contributed by atoms with van der Waals surface area (Å²) < 4.78 is 0. The van der Waals surface area contributed by atoms with E-state index in [1.165, 1.54) is 76.6 Å². The van der Waals surface area contributed by atoms with Crippen LogP contribution in [0.5, 0.6) is 0 Å². The van der Waals surface area contributed by atoms with E-state index in [4.69, 9.17) is 0 Å². The Labute approximate surface area is 122 Å². The van der Waals surface area contributed by atoms with Crippen molar-refractivity contribution in [2.45, 2.75) is 31.7 Å². The van der Waals surface area contributed by atoms with Gasteiger partial charge in [0, 0.05) is 49.8 Å². The molecule has 1 atom stereocenters. The maximum absolute atomic E-state index is 3.83. The van der Waals surface area contributed by atoms with E-state index in [-0.39, 0.29) is 0 Å². The van der Waals surface area contributed by atoms with E-state index in [1.54, 1.807) is 0 Å². The molecule has 2 aliphatic heterocycles. The maximum atomic E-state index is 3.83. The largest absolute Gasteiger partial charge is 0.310 e. The van der Waals surface area contributed by atoms with E-state index in [0.717, 1.165) is 5.92 Å². The van der Waals surface area contributed by atoms with E-state index < -0.39 is 0 Å². The molecule has 1 aliphatic carbocycles. The molecule has 3 nitrogen and oxygen atoms in total. The van der Waals surface area contributed by atoms with Crippen molar-refractivity contribution < 1.29 is 0 Å². The number of rotatable bonds is 4. The zero-order valence-electron chi connectivity index (χ0n) is 12.4. The van der Waals surface area contributed by atoms with Gasteiger partial charge in [0.2, 0.25) is 0 Å². The van der Waals surface area contributed by atoms with Gasteiger partial charge in [-0.25, -0.2) is 0 Å². The van der Waals surface area contributed by atoms with E-state index in [2.05, 4.69) is 33.8 Å². The van der Waals surface area contributed by atoms with E-state index in [1.807, 2.05) is 0 Å². The molecule has 3 aliphatic rings. The van der Waals surface area contributed by atoms with Crippen LogP contribution in [0.4, 0.5) is 0 Å². The molecule has 0 aromatic carbocycles. The lowest BCUT2D eigenvalue weighted by Crippen LogP contribution is -2.52. The molecule has 1 saturated carbocycles. The van der Waals surface area contributed by atoms with Crippen molar-refractivity contribution >= 4 is 11.8 Å². The molecule has 0 amide bonds. The molecule has 0 aromatic rings. The van der Waals surface area contributed by atoms with Gasteiger partial charge < -0.3 is 15.1 Å². The van der Waals surface area contributed by atoms with Gasteiger partial charge in [-0.15, -0.1) is 0 Å². The quantitative estimate of drug-likeness (QED) is 0.842. The van der Waals surface area contributed by atoms with E-state index >= 15 is 0 Å². The minimum absolute atomic E-state index is 0.397. The topological polar surface area (TPSA) is 18.5 Å². The summed E-state index contributed by atoms with van der Waals surface area (Å²) in [6.07, 6.45) is 4.21. The third-order valence-electron chi connectivity index (χ3n) is 5.05. The maximum Gasteiger partial charge on any atom is 0.0308 e. The predicted octanol–water partition coefficient (Wildman–Crippen LogP) is 1.50. The zero-order chi connectivity index (χ0) is 13.1. The lowest BCUT2D eigenvalue weighted by Gasteiger charge is -2.35. The molecule has 19 heavy (non-hydrogen) atoms. The van der Waals surface area contributed by atoms with Crippen LogP contribution in [0.2, 0.25) is 0 Å². The number of hydrogen-bond donors (Lipinski definition) is 1. The van der Waals surface area contributed by atoms with Gasteiger partial charge in [-0.1, -0.05) is 0 Å². The van der Waals surface area contributed by atoms with Crippen LogP contribution in [-0.4, -0.2) is 72.7 Å². The SMILES string of the molecule is CC1(C2CC2)CN(CCN2CCSCC2)CCCN1. The summed E-state index contributed by atoms with van der Waals surface area (Å²) in [6.45, 7) is 11.4. The summed E-state index contributed by atoms with van der Waals surface area (Å²) in [6, 6.07) is 0. The summed E-state index contributed by atoms with van der Waals surface area (Å²) in [7, 11) is 0. The van der Waals surface area contributed by atoms with Crippen molar-refractivity contribution in [3.05, 3.63) is 0 Å². The molecule has 2 saturated heterocycles. The van der Waals surface area contributed by atoms with Gasteiger partial charge in [0.15, 0.2) is 0 Å². The second kappa shape index (κ2) is 6.33. The average molecular weight is 283 g/mol. The second-order valence-electron chi connectivity index (χ2n) is 6.70. The lowest BCUT2D eigenvalue weighted by molar-refractivity contribution is 0.174. The molecular formula is C15H29N3S. The van der Waals surface area contributed by atoms with E-state index in [0.29, 0.717) is 5.54 Å². The molecule has 2 heterocycles. The van der Waals surface area contributed by atoms with Crippen LogP contribution in [-0.2, 0) is 0 Å². The van der Waals surface area contributed by atoms with Gasteiger partial charge in [0.05, 0.1) is 0 Å². The highest BCUT2D eigenvalue weighted by atomic mass is 32.2. The number of nitrogens with one attached hydrogen (secondary N) is 1. The Balaban J connectivity index is 1.48. The first-order chi connectivity index (χ1) is 9.26. The minimum atomic E-state index is 0.397. The molecule has 1 unspecified atom stereocenters. The molecule has 1 N–H and O–H groups in total. The van der Waals surface area contributed by atoms with Gasteiger partial charge in [-0.2, -0.15) is 11.8 Å². The molecule has 4 heteroatoms. The van der Waals surface area contributed by atoms with Crippen molar-refractivity contribution in [1.82, 2.24) is 15.1 Å². The highest BCUT2D eigenvalue weighted by Gasteiger charge is 2.42. The average Bonchev–Trinajstić information content (AvgIpc) is 3.25. The molecule has 0 radical (unpaired) electrons. The van der Waals surface area contributed by atoms with Crippen molar-refractivity contribution in [2.75, 3.05) is 57.3 Å². The van der Waals surface area contributed by atoms with Gasteiger partial charge in [0.25, 0.3) is 0 Å². The third-order valence-corrected chi connectivity index (χ3v) is 5.99. The summed E-state index contributed by atoms with van der Waals surface area (Å²) in [5.41, 5.74) is 0.397. The highest BCUT2D eigenvalue weighted by Crippen LogP contribution is 2.40. The Kier molecular flexibility index (Phi) is 4.73. The summed E-state index contributed by atoms with van der Waals surface area (Å²) in [5, 5.41) is 3.83. The van der Waals surface area contributed by atoms with Crippen LogP contribution in [0.3, 0.4) is 0 Å². The Hall–Kier alpha value is 0.230. The number of nitrogens with zero attached hydrogens (tertiary/aromatic N) is 2. The second-order valence-corrected chi connectivity index (χ2v) is 7.93. The van der Waals surface area contributed by atoms with Crippen molar-refractivity contribution in [3.63, 3.8) is 0 Å². The fourth-order valence-electron chi connectivity index (χ4n) is 3.57. The normalized spacial score (nSPS) is 35.2. The number of hydrogen-bond acceptors (Lipinski definition) is 4. The fourth-order valence-corrected chi connectivity index (χ4v) is 4.55. The standard InChI is InChI=1S/C15H29N3S/c1-15(14-3-4-14)13-18(6-2-5-16-15)8-7-17-9-11-19-12-10-17/h14,16H,2-13H2,1H3. The first kappa shape index (κ1) is 14.2. The van der Waals surface area contributed by atoms with Crippen LogP contribution >= 0.6 is 11.8 Å². The minimum Gasteiger partial charge on any atom is -0.310 e. The molecule has 3 fully saturated rings. The molecule has 0 aromatic heterocycles. The molecule has 0 spiro atoms. The molecule has 0 bridgehead atoms. The highest BCUT2D eigenvalue weighted by molar-refractivity contribution is 7.99. The smallest absolute Gasteiger partial charge is 0.0308 e. The Morgan fingerprint density at radius 1 is 1.11 bits per heavy atom. The third kappa shape index (κ3) is 3.87. The molecule has 3 rings (SSSR count). The van der Waals surface area contributed by atoms with Crippen LogP contribution in [0, 0.1) is 5.92 Å². The Bertz CT molecular complexity index is 289. The van der Waals surface area contributed by atoms with Gasteiger partial charge in [0.1, 0.15) is 0 Å². The van der Waals surface area contributed by atoms with Crippen LogP contribution < -0.4 is 5.32 Å². The fraction of sp³-hybridized carbons (Fsp3) is 1.00. The summed E-state index contributed by atoms with van der Waals surface area (Å²) >= 11 is 2.11. The first-order valence-corrected chi connectivity index (χ1v) is 9.19. The van der Waals surface area contributed by atoms with Crippen molar-refractivity contribution in [1.29, 1.82) is 0 Å². The molecular weight excluding hydrogens is 254 g/mol. The number of thioether (sulfide) groups is 1. The van der Waals surface area contributed by atoms with Crippen molar-refractivity contribution in [2.24, 2.45) is 5.92 Å². The molecule has 110 valence electrons. The predicted molar refractivity (Wildman–Crippen MR) is 84.0 cm³/mol. The zero-order valence-corrected chi connectivity index (χ0v) is 13.2. The van der Waals surface area contributed by atoms with Crippen LogP contribution in [0.15, 0.2) is 0 Å². The Morgan fingerprint density at radius 3 is 2.58 bits per heavy atom.